The topological polar surface area (TPSA) is 55.4 Å². The molecule has 0 spiro atoms. The van der Waals surface area contributed by atoms with E-state index in [-0.39, 0.29) is 0 Å². The van der Waals surface area contributed by atoms with E-state index in [2.05, 4.69) is 12.6 Å². The van der Waals surface area contributed by atoms with Gasteiger partial charge in [-0.05, 0) is 32.9 Å². The molecule has 130 valence electrons. The second-order valence-corrected chi connectivity index (χ2v) is 8.89. The maximum Gasteiger partial charge on any atom is 0.500 e. The molecule has 21 heavy (non-hydrogen) atoms. The molecule has 0 saturated carbocycles. The molecule has 0 unspecified atom stereocenters. The molecule has 0 N–H and O–H groups in total. The molecule has 0 aromatic heterocycles. The Hall–Kier alpha value is 0.544. The summed E-state index contributed by atoms with van der Waals surface area (Å²) >= 11 is 4.10. The summed E-state index contributed by atoms with van der Waals surface area (Å²) in [4.78, 5) is 0. The first-order chi connectivity index (χ1) is 10.1. The van der Waals surface area contributed by atoms with Crippen molar-refractivity contribution in [2.24, 2.45) is 0 Å². The van der Waals surface area contributed by atoms with Crippen LogP contribution in [0.25, 0.3) is 0 Å². The Labute approximate surface area is 138 Å². The lowest BCUT2D eigenvalue weighted by atomic mass is 10.6. The molecule has 0 amide bonds. The van der Waals surface area contributed by atoms with Gasteiger partial charge in [0.25, 0.3) is 0 Å². The SMILES string of the molecule is CCO[SiH](OCC)OCC.CO[Si](CCCS)(OC)OC. The molecule has 0 atom stereocenters. The van der Waals surface area contributed by atoms with Crippen molar-refractivity contribution in [3.8, 4) is 0 Å². The van der Waals surface area contributed by atoms with E-state index >= 15 is 0 Å². The third-order valence-corrected chi connectivity index (χ3v) is 7.45. The van der Waals surface area contributed by atoms with E-state index in [4.69, 9.17) is 26.6 Å². The van der Waals surface area contributed by atoms with Gasteiger partial charge in [-0.2, -0.15) is 12.6 Å². The van der Waals surface area contributed by atoms with Crippen LogP contribution in [0.1, 0.15) is 27.2 Å². The number of thiol groups is 1. The van der Waals surface area contributed by atoms with Crippen LogP contribution >= 0.6 is 12.6 Å². The van der Waals surface area contributed by atoms with E-state index in [9.17, 15) is 0 Å². The Balaban J connectivity index is 0. The van der Waals surface area contributed by atoms with Crippen molar-refractivity contribution in [2.75, 3.05) is 46.9 Å². The van der Waals surface area contributed by atoms with Crippen molar-refractivity contribution >= 4 is 31.0 Å². The minimum atomic E-state index is -2.29. The summed E-state index contributed by atoms with van der Waals surface area (Å²) in [6, 6.07) is 0.833. The van der Waals surface area contributed by atoms with E-state index in [1.54, 1.807) is 21.3 Å². The van der Waals surface area contributed by atoms with Crippen molar-refractivity contribution in [1.29, 1.82) is 0 Å². The molecular weight excluding hydrogens is 328 g/mol. The second-order valence-electron chi connectivity index (χ2n) is 3.78. The van der Waals surface area contributed by atoms with E-state index in [0.29, 0.717) is 19.8 Å². The van der Waals surface area contributed by atoms with Crippen molar-refractivity contribution < 1.29 is 26.6 Å². The fourth-order valence-electron chi connectivity index (χ4n) is 1.40. The maximum atomic E-state index is 5.22. The van der Waals surface area contributed by atoms with Crippen molar-refractivity contribution in [3.05, 3.63) is 0 Å². The Morgan fingerprint density at radius 3 is 1.43 bits per heavy atom. The maximum absolute atomic E-state index is 5.22. The van der Waals surface area contributed by atoms with Gasteiger partial charge in [0.05, 0.1) is 0 Å². The Kier molecular flexibility index (Phi) is 19.2. The molecule has 0 bridgehead atoms. The highest BCUT2D eigenvalue weighted by molar-refractivity contribution is 7.80. The van der Waals surface area contributed by atoms with Crippen molar-refractivity contribution in [2.45, 2.75) is 33.2 Å². The predicted molar refractivity (Wildman–Crippen MR) is 92.1 cm³/mol. The van der Waals surface area contributed by atoms with Gasteiger partial charge in [0.15, 0.2) is 0 Å². The zero-order chi connectivity index (χ0) is 16.6. The van der Waals surface area contributed by atoms with Crippen LogP contribution in [-0.2, 0) is 26.6 Å². The van der Waals surface area contributed by atoms with Crippen LogP contribution in [0.15, 0.2) is 0 Å². The van der Waals surface area contributed by atoms with Gasteiger partial charge in [0.1, 0.15) is 0 Å². The normalized spacial score (nSPS) is 11.4. The van der Waals surface area contributed by atoms with Gasteiger partial charge in [-0.1, -0.05) is 0 Å². The fraction of sp³-hybridized carbons (Fsp3) is 1.00. The molecule has 0 fully saturated rings. The monoisotopic (exact) mass is 360 g/mol. The lowest BCUT2D eigenvalue weighted by Crippen LogP contribution is -2.42. The molecule has 0 saturated heterocycles. The summed E-state index contributed by atoms with van der Waals surface area (Å²) in [5, 5.41) is 0. The zero-order valence-electron chi connectivity index (χ0n) is 14.2. The van der Waals surface area contributed by atoms with Gasteiger partial charge in [0.2, 0.25) is 0 Å². The van der Waals surface area contributed by atoms with Crippen LogP contribution in [0, 0.1) is 0 Å². The van der Waals surface area contributed by atoms with Gasteiger partial charge in [-0.15, -0.1) is 0 Å². The molecule has 0 radical (unpaired) electrons. The molecule has 0 aliphatic carbocycles. The van der Waals surface area contributed by atoms with Gasteiger partial charge >= 0.3 is 18.3 Å². The van der Waals surface area contributed by atoms with Gasteiger partial charge in [0, 0.05) is 47.2 Å². The van der Waals surface area contributed by atoms with E-state index in [1.807, 2.05) is 20.8 Å². The molecule has 9 heteroatoms. The van der Waals surface area contributed by atoms with Crippen LogP contribution in [0.5, 0.6) is 0 Å². The minimum Gasteiger partial charge on any atom is -0.377 e. The third-order valence-electron chi connectivity index (χ3n) is 2.48. The number of hydrogen-bond donors (Lipinski definition) is 1. The molecule has 0 heterocycles. The largest absolute Gasteiger partial charge is 0.500 e. The molecule has 0 aliphatic heterocycles. The first-order valence-corrected chi connectivity index (χ1v) is 11.2. The molecule has 0 aromatic rings. The van der Waals surface area contributed by atoms with Gasteiger partial charge in [-0.3, -0.25) is 0 Å². The van der Waals surface area contributed by atoms with Crippen LogP contribution < -0.4 is 0 Å². The predicted octanol–water partition coefficient (Wildman–Crippen LogP) is 2.00. The fourth-order valence-corrected chi connectivity index (χ4v) is 4.69. The highest BCUT2D eigenvalue weighted by Crippen LogP contribution is 2.14. The lowest BCUT2D eigenvalue weighted by Gasteiger charge is -2.23. The zero-order valence-corrected chi connectivity index (χ0v) is 17.3. The Morgan fingerprint density at radius 2 is 1.19 bits per heavy atom. The molecule has 0 aliphatic rings. The minimum absolute atomic E-state index is 0.677. The van der Waals surface area contributed by atoms with Crippen LogP contribution in [0.3, 0.4) is 0 Å². The van der Waals surface area contributed by atoms with E-state index in [0.717, 1.165) is 18.2 Å². The van der Waals surface area contributed by atoms with E-state index < -0.39 is 18.3 Å². The average molecular weight is 361 g/mol. The van der Waals surface area contributed by atoms with Crippen LogP contribution in [-0.4, -0.2) is 65.2 Å². The smallest absolute Gasteiger partial charge is 0.377 e. The van der Waals surface area contributed by atoms with E-state index in [1.165, 1.54) is 0 Å². The first kappa shape index (κ1) is 23.8. The summed E-state index contributed by atoms with van der Waals surface area (Å²) in [7, 11) is 0.847. The standard InChI is InChI=1S/C6H16O3SSi.C6H16O3Si/c1-7-11(8-2,9-3)6-4-5-10;1-4-7-10(8-5-2)9-6-3/h10H,4-6H2,1-3H3;10H,4-6H2,1-3H3. The molecule has 0 rings (SSSR count). The van der Waals surface area contributed by atoms with Gasteiger partial charge < -0.3 is 26.6 Å². The molecular formula is C12H32O6SSi2. The highest BCUT2D eigenvalue weighted by Gasteiger charge is 2.36. The van der Waals surface area contributed by atoms with Gasteiger partial charge in [-0.25, -0.2) is 0 Å². The summed E-state index contributed by atoms with van der Waals surface area (Å²) < 4.78 is 31.2. The summed E-state index contributed by atoms with van der Waals surface area (Å²) in [6.07, 6.45) is 0.963. The second kappa shape index (κ2) is 16.9. The summed E-state index contributed by atoms with van der Waals surface area (Å²) in [6.45, 7) is 7.86. The molecule has 6 nitrogen and oxygen atoms in total. The quantitative estimate of drug-likeness (QED) is 0.424. The van der Waals surface area contributed by atoms with Crippen molar-refractivity contribution in [1.82, 2.24) is 0 Å². The lowest BCUT2D eigenvalue weighted by molar-refractivity contribution is 0.107. The Morgan fingerprint density at radius 1 is 0.810 bits per heavy atom. The third kappa shape index (κ3) is 12.7. The van der Waals surface area contributed by atoms with Crippen LogP contribution in [0.2, 0.25) is 6.04 Å². The number of hydrogen-bond acceptors (Lipinski definition) is 7. The highest BCUT2D eigenvalue weighted by atomic mass is 32.1. The number of rotatable bonds is 12. The summed E-state index contributed by atoms with van der Waals surface area (Å²) in [5.41, 5.74) is 0. The molecule has 0 aromatic carbocycles. The van der Waals surface area contributed by atoms with Crippen LogP contribution in [0.4, 0.5) is 0 Å². The Bertz CT molecular complexity index is 188. The van der Waals surface area contributed by atoms with Crippen molar-refractivity contribution in [3.63, 3.8) is 0 Å². The average Bonchev–Trinajstić information content (AvgIpc) is 2.51. The summed E-state index contributed by atoms with van der Waals surface area (Å²) in [5.74, 6) is 0.838. The first-order valence-electron chi connectivity index (χ1n) is 7.20.